The molecule has 5 heteroatoms. The van der Waals surface area contributed by atoms with Gasteiger partial charge in [0, 0.05) is 17.6 Å². The average molecular weight is 280 g/mol. The molecule has 1 amide bonds. The quantitative estimate of drug-likeness (QED) is 0.739. The molecule has 0 atom stereocenters. The summed E-state index contributed by atoms with van der Waals surface area (Å²) in [6, 6.07) is 4.02. The molecule has 20 heavy (non-hydrogen) atoms. The van der Waals surface area contributed by atoms with Gasteiger partial charge in [0.2, 0.25) is 0 Å². The molecular formula is C15H21FN2O2. The summed E-state index contributed by atoms with van der Waals surface area (Å²) in [7, 11) is 0. The van der Waals surface area contributed by atoms with Gasteiger partial charge in [-0.2, -0.15) is 0 Å². The molecule has 0 heterocycles. The van der Waals surface area contributed by atoms with Crippen LogP contribution in [0.1, 0.15) is 42.5 Å². The molecule has 0 bridgehead atoms. The number of hydrogen-bond donors (Lipinski definition) is 3. The predicted octanol–water partition coefficient (Wildman–Crippen LogP) is 2.08. The Hall–Kier alpha value is -1.62. The number of anilines is 1. The van der Waals surface area contributed by atoms with Gasteiger partial charge in [-0.1, -0.05) is 19.3 Å². The van der Waals surface area contributed by atoms with Crippen LogP contribution in [-0.4, -0.2) is 24.2 Å². The van der Waals surface area contributed by atoms with E-state index in [0.717, 1.165) is 31.7 Å². The van der Waals surface area contributed by atoms with Crippen LogP contribution in [0.2, 0.25) is 0 Å². The van der Waals surface area contributed by atoms with Gasteiger partial charge >= 0.3 is 0 Å². The van der Waals surface area contributed by atoms with E-state index in [0.29, 0.717) is 6.54 Å². The van der Waals surface area contributed by atoms with Crippen LogP contribution < -0.4 is 11.1 Å². The highest BCUT2D eigenvalue weighted by atomic mass is 19.1. The van der Waals surface area contributed by atoms with E-state index in [2.05, 4.69) is 5.32 Å². The van der Waals surface area contributed by atoms with Gasteiger partial charge in [0.25, 0.3) is 5.91 Å². The maximum atomic E-state index is 13.7. The molecule has 0 spiro atoms. The molecule has 0 aromatic heterocycles. The maximum Gasteiger partial charge on any atom is 0.254 e. The Morgan fingerprint density at radius 3 is 2.65 bits per heavy atom. The number of nitrogen functional groups attached to an aromatic ring is 1. The van der Waals surface area contributed by atoms with Crippen molar-refractivity contribution >= 4 is 11.6 Å². The lowest BCUT2D eigenvalue weighted by atomic mass is 9.74. The first-order valence-corrected chi connectivity index (χ1v) is 7.00. The number of amides is 1. The number of carbonyl (C=O) groups is 1. The summed E-state index contributed by atoms with van der Waals surface area (Å²) >= 11 is 0. The zero-order valence-electron chi connectivity index (χ0n) is 11.5. The molecule has 2 rings (SSSR count). The van der Waals surface area contributed by atoms with E-state index in [9.17, 15) is 14.3 Å². The fraction of sp³-hybridized carbons (Fsp3) is 0.533. The highest BCUT2D eigenvalue weighted by molar-refractivity contribution is 5.94. The van der Waals surface area contributed by atoms with Crippen LogP contribution in [0.3, 0.4) is 0 Å². The molecule has 1 aliphatic carbocycles. The SMILES string of the molecule is Nc1ccc(C(=O)NCC2(CO)CCCCC2)c(F)c1. The van der Waals surface area contributed by atoms with Crippen LogP contribution in [-0.2, 0) is 0 Å². The van der Waals surface area contributed by atoms with Gasteiger partial charge in [-0.05, 0) is 31.0 Å². The first kappa shape index (κ1) is 14.8. The molecule has 1 fully saturated rings. The lowest BCUT2D eigenvalue weighted by Crippen LogP contribution is -2.41. The van der Waals surface area contributed by atoms with Crippen molar-refractivity contribution in [3.63, 3.8) is 0 Å². The van der Waals surface area contributed by atoms with E-state index in [1.54, 1.807) is 0 Å². The van der Waals surface area contributed by atoms with Gasteiger partial charge in [-0.25, -0.2) is 4.39 Å². The topological polar surface area (TPSA) is 75.4 Å². The number of nitrogens with two attached hydrogens (primary N) is 1. The zero-order chi connectivity index (χ0) is 14.6. The minimum Gasteiger partial charge on any atom is -0.399 e. The van der Waals surface area contributed by atoms with Crippen molar-refractivity contribution in [1.29, 1.82) is 0 Å². The number of nitrogens with one attached hydrogen (secondary N) is 1. The number of carbonyl (C=O) groups excluding carboxylic acids is 1. The van der Waals surface area contributed by atoms with E-state index in [4.69, 9.17) is 5.73 Å². The second kappa shape index (κ2) is 6.22. The molecule has 0 aliphatic heterocycles. The molecule has 1 aromatic carbocycles. The van der Waals surface area contributed by atoms with E-state index in [-0.39, 0.29) is 23.3 Å². The van der Waals surface area contributed by atoms with Crippen molar-refractivity contribution in [3.8, 4) is 0 Å². The number of rotatable bonds is 4. The van der Waals surface area contributed by atoms with Crippen molar-refractivity contribution in [2.24, 2.45) is 5.41 Å². The second-order valence-corrected chi connectivity index (χ2v) is 5.64. The molecular weight excluding hydrogens is 259 g/mol. The van der Waals surface area contributed by atoms with Crippen molar-refractivity contribution < 1.29 is 14.3 Å². The Balaban J connectivity index is 2.00. The van der Waals surface area contributed by atoms with Gasteiger partial charge in [0.15, 0.2) is 0 Å². The molecule has 1 saturated carbocycles. The largest absolute Gasteiger partial charge is 0.399 e. The van der Waals surface area contributed by atoms with Crippen LogP contribution in [0.15, 0.2) is 18.2 Å². The smallest absolute Gasteiger partial charge is 0.254 e. The summed E-state index contributed by atoms with van der Waals surface area (Å²) in [4.78, 5) is 12.0. The van der Waals surface area contributed by atoms with Crippen molar-refractivity contribution in [2.75, 3.05) is 18.9 Å². The van der Waals surface area contributed by atoms with Crippen LogP contribution in [0.25, 0.3) is 0 Å². The molecule has 1 aromatic rings. The summed E-state index contributed by atoms with van der Waals surface area (Å²) in [5, 5.41) is 12.3. The molecule has 4 nitrogen and oxygen atoms in total. The van der Waals surface area contributed by atoms with Gasteiger partial charge in [-0.15, -0.1) is 0 Å². The summed E-state index contributed by atoms with van der Waals surface area (Å²) in [5.74, 6) is -1.08. The van der Waals surface area contributed by atoms with Crippen LogP contribution in [0.5, 0.6) is 0 Å². The van der Waals surface area contributed by atoms with Crippen LogP contribution in [0.4, 0.5) is 10.1 Å². The minimum absolute atomic E-state index is 0.0110. The number of benzene rings is 1. The Bertz CT molecular complexity index is 485. The van der Waals surface area contributed by atoms with Gasteiger partial charge in [0.1, 0.15) is 5.82 Å². The summed E-state index contributed by atoms with van der Waals surface area (Å²) in [5.41, 5.74) is 5.48. The fourth-order valence-electron chi connectivity index (χ4n) is 2.77. The third-order valence-corrected chi connectivity index (χ3v) is 4.11. The molecule has 1 aliphatic rings. The fourth-order valence-corrected chi connectivity index (χ4v) is 2.77. The molecule has 0 saturated heterocycles. The third-order valence-electron chi connectivity index (χ3n) is 4.11. The Labute approximate surface area is 118 Å². The lowest BCUT2D eigenvalue weighted by molar-refractivity contribution is 0.0716. The highest BCUT2D eigenvalue weighted by Crippen LogP contribution is 2.35. The number of hydrogen-bond acceptors (Lipinski definition) is 3. The number of aliphatic hydroxyl groups is 1. The van der Waals surface area contributed by atoms with Crippen molar-refractivity contribution in [2.45, 2.75) is 32.1 Å². The van der Waals surface area contributed by atoms with E-state index in [1.165, 1.54) is 18.6 Å². The summed E-state index contributed by atoms with van der Waals surface area (Å²) < 4.78 is 13.7. The molecule has 0 radical (unpaired) electrons. The van der Waals surface area contributed by atoms with Crippen molar-refractivity contribution in [1.82, 2.24) is 5.32 Å². The Morgan fingerprint density at radius 1 is 1.35 bits per heavy atom. The average Bonchev–Trinajstić information content (AvgIpc) is 2.46. The molecule has 0 unspecified atom stereocenters. The monoisotopic (exact) mass is 280 g/mol. The van der Waals surface area contributed by atoms with E-state index in [1.807, 2.05) is 0 Å². The summed E-state index contributed by atoms with van der Waals surface area (Å²) in [6.45, 7) is 0.434. The second-order valence-electron chi connectivity index (χ2n) is 5.64. The first-order valence-electron chi connectivity index (χ1n) is 7.00. The maximum absolute atomic E-state index is 13.7. The van der Waals surface area contributed by atoms with Gasteiger partial charge in [0.05, 0.1) is 12.2 Å². The zero-order valence-corrected chi connectivity index (χ0v) is 11.5. The summed E-state index contributed by atoms with van der Waals surface area (Å²) in [6.07, 6.45) is 5.09. The predicted molar refractivity (Wildman–Crippen MR) is 75.7 cm³/mol. The lowest BCUT2D eigenvalue weighted by Gasteiger charge is -2.35. The third kappa shape index (κ3) is 3.28. The normalized spacial score (nSPS) is 17.7. The van der Waals surface area contributed by atoms with Gasteiger partial charge < -0.3 is 16.2 Å². The Kier molecular flexibility index (Phi) is 4.60. The Morgan fingerprint density at radius 2 is 2.05 bits per heavy atom. The number of aliphatic hydroxyl groups excluding tert-OH is 1. The van der Waals surface area contributed by atoms with E-state index < -0.39 is 11.7 Å². The number of halogens is 1. The van der Waals surface area contributed by atoms with Crippen LogP contribution >= 0.6 is 0 Å². The van der Waals surface area contributed by atoms with Crippen LogP contribution in [0, 0.1) is 11.2 Å². The molecule has 4 N–H and O–H groups in total. The standard InChI is InChI=1S/C15H21FN2O2/c16-13-8-11(17)4-5-12(13)14(20)18-9-15(10-19)6-2-1-3-7-15/h4-5,8,19H,1-3,6-7,9-10,17H2,(H,18,20). The molecule has 110 valence electrons. The van der Waals surface area contributed by atoms with E-state index >= 15 is 0 Å². The minimum atomic E-state index is -0.621. The van der Waals surface area contributed by atoms with Gasteiger partial charge in [-0.3, -0.25) is 4.79 Å². The highest BCUT2D eigenvalue weighted by Gasteiger charge is 2.32. The first-order chi connectivity index (χ1) is 9.56. The van der Waals surface area contributed by atoms with Crippen molar-refractivity contribution in [3.05, 3.63) is 29.6 Å².